The number of carbonyl (C=O) groups is 2. The number of carbonyl (C=O) groups excluding carboxylic acids is 2. The van der Waals surface area contributed by atoms with E-state index in [-0.39, 0.29) is 23.4 Å². The second-order valence-corrected chi connectivity index (χ2v) is 13.0. The average molecular weight is 780 g/mol. The first kappa shape index (κ1) is 37.4. The number of hydrogen-bond acceptors (Lipinski definition) is 4. The van der Waals surface area contributed by atoms with E-state index in [0.717, 1.165) is 54.4 Å². The van der Waals surface area contributed by atoms with Gasteiger partial charge in [-0.15, -0.1) is 0 Å². The highest BCUT2D eigenvalue weighted by atomic mass is 79.9. The molecule has 0 saturated heterocycles. The highest BCUT2D eigenvalue weighted by molar-refractivity contribution is 9.10. The third-order valence-electron chi connectivity index (χ3n) is 8.38. The number of amides is 2. The molecule has 0 bridgehead atoms. The van der Waals surface area contributed by atoms with Crippen LogP contribution in [0.5, 0.6) is 11.5 Å². The maximum absolute atomic E-state index is 14.4. The standard InChI is InChI=1S/C20H20ClFN2O2.C19H18BrFN2O2/c1-3-19(25)23-9-8-12-14-10-18(26-2)15(21)11-17(14)24-20(12)13-6-4-5-7-16(13)22;1-11(24)22-7-6-14-15-9-18(25-2)16(20)10-17(15)23-19(14)12-4-3-5-13(21)8-12/h4-7,10-11,24H,3,8-9H2,1-2H3,(H,23,25);3-5,8-10,23H,6-7H2,1-2H3,(H,22,24). The number of H-pyrrole nitrogens is 2. The van der Waals surface area contributed by atoms with Gasteiger partial charge in [0.15, 0.2) is 0 Å². The number of hydrogen-bond donors (Lipinski definition) is 4. The minimum absolute atomic E-state index is 0.0158. The molecule has 0 aliphatic heterocycles. The van der Waals surface area contributed by atoms with Gasteiger partial charge < -0.3 is 30.1 Å². The SMILES string of the molecule is CCC(=O)NCCc1c(-c2ccccc2F)[nH]c2cc(Cl)c(OC)cc12.COc1cc2c(CCNC(C)=O)c(-c3cccc(F)c3)[nH]c2cc1Br. The number of methoxy groups -OCH3 is 2. The predicted octanol–water partition coefficient (Wildman–Crippen LogP) is 9.13. The minimum Gasteiger partial charge on any atom is -0.496 e. The molecule has 0 fully saturated rings. The largest absolute Gasteiger partial charge is 0.496 e. The van der Waals surface area contributed by atoms with Crippen LogP contribution in [-0.2, 0) is 22.4 Å². The van der Waals surface area contributed by atoms with Gasteiger partial charge in [-0.3, -0.25) is 9.59 Å². The molecule has 0 aliphatic rings. The maximum atomic E-state index is 14.4. The van der Waals surface area contributed by atoms with Crippen molar-refractivity contribution in [3.63, 3.8) is 0 Å². The van der Waals surface area contributed by atoms with Crippen LogP contribution < -0.4 is 20.1 Å². The molecule has 2 aromatic heterocycles. The summed E-state index contributed by atoms with van der Waals surface area (Å²) in [6.07, 6.45) is 1.61. The molecule has 0 unspecified atom stereocenters. The van der Waals surface area contributed by atoms with Crippen LogP contribution in [-0.4, -0.2) is 49.1 Å². The van der Waals surface area contributed by atoms with E-state index >= 15 is 0 Å². The van der Waals surface area contributed by atoms with Crippen molar-refractivity contribution in [3.05, 3.63) is 105 Å². The van der Waals surface area contributed by atoms with Gasteiger partial charge in [0.1, 0.15) is 23.1 Å². The molecule has 0 aliphatic carbocycles. The summed E-state index contributed by atoms with van der Waals surface area (Å²) in [7, 11) is 3.17. The van der Waals surface area contributed by atoms with E-state index in [4.69, 9.17) is 21.1 Å². The summed E-state index contributed by atoms with van der Waals surface area (Å²) in [6.45, 7) is 4.26. The van der Waals surface area contributed by atoms with E-state index in [1.165, 1.54) is 25.1 Å². The maximum Gasteiger partial charge on any atom is 0.219 e. The highest BCUT2D eigenvalue weighted by Crippen LogP contribution is 2.38. The van der Waals surface area contributed by atoms with Gasteiger partial charge in [-0.1, -0.05) is 42.8 Å². The average Bonchev–Trinajstić information content (AvgIpc) is 3.64. The van der Waals surface area contributed by atoms with E-state index in [0.29, 0.717) is 54.4 Å². The van der Waals surface area contributed by atoms with Crippen molar-refractivity contribution < 1.29 is 27.8 Å². The predicted molar refractivity (Wildman–Crippen MR) is 203 cm³/mol. The van der Waals surface area contributed by atoms with Crippen LogP contribution in [0.25, 0.3) is 44.3 Å². The molecule has 266 valence electrons. The molecule has 0 radical (unpaired) electrons. The Morgan fingerprint density at radius 1 is 0.804 bits per heavy atom. The molecule has 0 saturated carbocycles. The van der Waals surface area contributed by atoms with Crippen LogP contribution in [0.3, 0.4) is 0 Å². The Labute approximate surface area is 308 Å². The summed E-state index contributed by atoms with van der Waals surface area (Å²) < 4.78 is 39.6. The number of halogens is 4. The van der Waals surface area contributed by atoms with Crippen molar-refractivity contribution in [2.45, 2.75) is 33.1 Å². The first-order valence-electron chi connectivity index (χ1n) is 16.3. The third-order valence-corrected chi connectivity index (χ3v) is 9.30. The zero-order chi connectivity index (χ0) is 36.7. The summed E-state index contributed by atoms with van der Waals surface area (Å²) in [5.41, 5.74) is 6.43. The number of ether oxygens (including phenoxy) is 2. The smallest absolute Gasteiger partial charge is 0.219 e. The molecule has 51 heavy (non-hydrogen) atoms. The Morgan fingerprint density at radius 3 is 2.08 bits per heavy atom. The molecule has 6 rings (SSSR count). The van der Waals surface area contributed by atoms with Crippen molar-refractivity contribution >= 4 is 61.2 Å². The van der Waals surface area contributed by atoms with Crippen molar-refractivity contribution in [2.24, 2.45) is 0 Å². The Morgan fingerprint density at radius 2 is 1.43 bits per heavy atom. The number of aromatic nitrogens is 2. The topological polar surface area (TPSA) is 108 Å². The van der Waals surface area contributed by atoms with Gasteiger partial charge in [0.05, 0.1) is 29.4 Å². The molecule has 12 heteroatoms. The number of benzene rings is 4. The number of fused-ring (bicyclic) bond motifs is 2. The second-order valence-electron chi connectivity index (χ2n) is 11.7. The Hall–Kier alpha value is -4.87. The van der Waals surface area contributed by atoms with Gasteiger partial charge in [-0.2, -0.15) is 0 Å². The lowest BCUT2D eigenvalue weighted by Crippen LogP contribution is -2.24. The lowest BCUT2D eigenvalue weighted by atomic mass is 10.0. The molecule has 8 nitrogen and oxygen atoms in total. The van der Waals surface area contributed by atoms with Crippen molar-refractivity contribution in [1.29, 1.82) is 0 Å². The van der Waals surface area contributed by atoms with Crippen molar-refractivity contribution in [1.82, 2.24) is 20.6 Å². The van der Waals surface area contributed by atoms with Crippen LogP contribution in [0, 0.1) is 11.6 Å². The number of aromatic amines is 2. The quantitative estimate of drug-likeness (QED) is 0.105. The summed E-state index contributed by atoms with van der Waals surface area (Å²) in [5, 5.41) is 8.04. The molecule has 2 amide bonds. The number of nitrogens with one attached hydrogen (secondary N) is 4. The van der Waals surface area contributed by atoms with E-state index in [2.05, 4.69) is 36.5 Å². The van der Waals surface area contributed by atoms with Crippen molar-refractivity contribution in [3.8, 4) is 34.0 Å². The van der Waals surface area contributed by atoms with Gasteiger partial charge >= 0.3 is 0 Å². The first-order chi connectivity index (χ1) is 24.5. The van der Waals surface area contributed by atoms with Crippen LogP contribution in [0.1, 0.15) is 31.4 Å². The lowest BCUT2D eigenvalue weighted by molar-refractivity contribution is -0.121. The first-order valence-corrected chi connectivity index (χ1v) is 17.5. The summed E-state index contributed by atoms with van der Waals surface area (Å²) >= 11 is 9.72. The fourth-order valence-corrected chi connectivity index (χ4v) is 6.68. The molecule has 4 N–H and O–H groups in total. The highest BCUT2D eigenvalue weighted by Gasteiger charge is 2.19. The fourth-order valence-electron chi connectivity index (χ4n) is 5.93. The van der Waals surface area contributed by atoms with E-state index in [1.54, 1.807) is 51.5 Å². The van der Waals surface area contributed by atoms with Crippen LogP contribution >= 0.6 is 27.5 Å². The molecule has 0 atom stereocenters. The van der Waals surface area contributed by atoms with Crippen molar-refractivity contribution in [2.75, 3.05) is 27.3 Å². The van der Waals surface area contributed by atoms with Gasteiger partial charge in [0.25, 0.3) is 0 Å². The zero-order valence-electron chi connectivity index (χ0n) is 28.6. The van der Waals surface area contributed by atoms with Gasteiger partial charge in [0, 0.05) is 65.1 Å². The van der Waals surface area contributed by atoms with E-state index < -0.39 is 0 Å². The van der Waals surface area contributed by atoms with E-state index in [1.807, 2.05) is 24.3 Å². The summed E-state index contributed by atoms with van der Waals surface area (Å²) in [6, 6.07) is 20.6. The molecule has 6 aromatic rings. The second kappa shape index (κ2) is 16.9. The van der Waals surface area contributed by atoms with Gasteiger partial charge in [-0.25, -0.2) is 8.78 Å². The van der Waals surface area contributed by atoms with Crippen LogP contribution in [0.15, 0.2) is 77.3 Å². The minimum atomic E-state index is -0.309. The molecular weight excluding hydrogens is 742 g/mol. The molecule has 4 aromatic carbocycles. The zero-order valence-corrected chi connectivity index (χ0v) is 31.0. The van der Waals surface area contributed by atoms with Gasteiger partial charge in [-0.05, 0) is 88.4 Å². The van der Waals surface area contributed by atoms with Gasteiger partial charge in [0.2, 0.25) is 11.8 Å². The molecular formula is C39H38BrClF2N4O4. The normalized spacial score (nSPS) is 10.9. The summed E-state index contributed by atoms with van der Waals surface area (Å²) in [4.78, 5) is 29.4. The van der Waals surface area contributed by atoms with Crippen LogP contribution in [0.2, 0.25) is 5.02 Å². The molecule has 0 spiro atoms. The number of rotatable bonds is 11. The molecule has 2 heterocycles. The Kier molecular flexibility index (Phi) is 12.4. The lowest BCUT2D eigenvalue weighted by Gasteiger charge is -2.08. The summed E-state index contributed by atoms with van der Waals surface area (Å²) in [5.74, 6) is 0.583. The van der Waals surface area contributed by atoms with Crippen LogP contribution in [0.4, 0.5) is 8.78 Å². The third kappa shape index (κ3) is 8.72. The Balaban J connectivity index is 0.000000198. The van der Waals surface area contributed by atoms with E-state index in [9.17, 15) is 18.4 Å². The fraction of sp³-hybridized carbons (Fsp3) is 0.231. The monoisotopic (exact) mass is 778 g/mol. The Bertz CT molecular complexity index is 2200.